The summed E-state index contributed by atoms with van der Waals surface area (Å²) in [5.74, 6) is 1.29. The van der Waals surface area contributed by atoms with Crippen molar-refractivity contribution in [2.75, 3.05) is 18.1 Å². The van der Waals surface area contributed by atoms with Crippen molar-refractivity contribution in [2.24, 2.45) is 0 Å². The van der Waals surface area contributed by atoms with Crippen molar-refractivity contribution in [1.29, 1.82) is 0 Å². The molecule has 7 nitrogen and oxygen atoms in total. The van der Waals surface area contributed by atoms with E-state index in [1.165, 1.54) is 24.5 Å². The summed E-state index contributed by atoms with van der Waals surface area (Å²) in [6.45, 7) is 0. The summed E-state index contributed by atoms with van der Waals surface area (Å²) in [4.78, 5) is 12.0. The molecule has 8 heteroatoms. The molecule has 3 rings (SSSR count). The predicted molar refractivity (Wildman–Crippen MR) is 94.0 cm³/mol. The second-order valence-corrected chi connectivity index (χ2v) is 7.03. The molecule has 0 aliphatic rings. The highest BCUT2D eigenvalue weighted by Crippen LogP contribution is 2.34. The summed E-state index contributed by atoms with van der Waals surface area (Å²) in [6.07, 6.45) is 2.27. The Kier molecular flexibility index (Phi) is 4.37. The van der Waals surface area contributed by atoms with Gasteiger partial charge in [0.05, 0.1) is 30.7 Å². The highest BCUT2D eigenvalue weighted by molar-refractivity contribution is 7.92. The van der Waals surface area contributed by atoms with Crippen LogP contribution in [0.4, 0.5) is 5.69 Å². The van der Waals surface area contributed by atoms with Crippen LogP contribution < -0.4 is 19.6 Å². The van der Waals surface area contributed by atoms with Crippen LogP contribution in [-0.4, -0.2) is 21.8 Å². The van der Waals surface area contributed by atoms with Gasteiger partial charge in [-0.15, -0.1) is 0 Å². The number of hydrogen-bond donors (Lipinski definition) is 1. The quantitative estimate of drug-likeness (QED) is 0.751. The van der Waals surface area contributed by atoms with Gasteiger partial charge in [0, 0.05) is 12.1 Å². The molecule has 0 spiro atoms. The van der Waals surface area contributed by atoms with Gasteiger partial charge in [0.2, 0.25) is 10.0 Å². The average Bonchev–Trinajstić information content (AvgIpc) is 2.55. The Morgan fingerprint density at radius 1 is 1.04 bits per heavy atom. The van der Waals surface area contributed by atoms with Crippen LogP contribution in [0.3, 0.4) is 0 Å². The van der Waals surface area contributed by atoms with Gasteiger partial charge >= 0.3 is 0 Å². The lowest BCUT2D eigenvalue weighted by Crippen LogP contribution is -2.11. The molecule has 0 aliphatic heterocycles. The summed E-state index contributed by atoms with van der Waals surface area (Å²) < 4.78 is 41.7. The zero-order chi connectivity index (χ0) is 18.0. The molecule has 0 saturated carbocycles. The van der Waals surface area contributed by atoms with E-state index in [2.05, 4.69) is 4.72 Å². The van der Waals surface area contributed by atoms with Crippen LogP contribution in [0.1, 0.15) is 0 Å². The van der Waals surface area contributed by atoms with E-state index in [4.69, 9.17) is 13.9 Å². The molecule has 0 unspecified atom stereocenters. The summed E-state index contributed by atoms with van der Waals surface area (Å²) in [6, 6.07) is 10.9. The largest absolute Gasteiger partial charge is 0.497 e. The second-order valence-electron chi connectivity index (χ2n) is 5.28. The van der Waals surface area contributed by atoms with E-state index < -0.39 is 10.0 Å². The maximum Gasteiger partial charge on any atom is 0.229 e. The lowest BCUT2D eigenvalue weighted by molar-refractivity contribution is 0.413. The molecule has 1 N–H and O–H groups in total. The van der Waals surface area contributed by atoms with Gasteiger partial charge in [0.15, 0.2) is 11.2 Å². The van der Waals surface area contributed by atoms with Crippen LogP contribution in [0, 0.1) is 0 Å². The third-order valence-corrected chi connectivity index (χ3v) is 3.93. The van der Waals surface area contributed by atoms with Crippen LogP contribution in [-0.2, 0) is 10.0 Å². The molecule has 2 aromatic carbocycles. The first-order valence-corrected chi connectivity index (χ1v) is 9.10. The molecule has 0 bridgehead atoms. The van der Waals surface area contributed by atoms with Crippen LogP contribution in [0.15, 0.2) is 57.9 Å². The highest BCUT2D eigenvalue weighted by atomic mass is 32.2. The average molecular weight is 361 g/mol. The Morgan fingerprint density at radius 2 is 1.72 bits per heavy atom. The number of hydrogen-bond acceptors (Lipinski definition) is 6. The molecule has 25 heavy (non-hydrogen) atoms. The number of ether oxygens (including phenoxy) is 2. The SMILES string of the molecule is COc1ccc(Oc2cc3c(=O)ccoc3cc2NS(C)(=O)=O)cc1. The molecule has 0 amide bonds. The van der Waals surface area contributed by atoms with Gasteiger partial charge in [-0.3, -0.25) is 9.52 Å². The third-order valence-electron chi connectivity index (χ3n) is 3.34. The van der Waals surface area contributed by atoms with Crippen LogP contribution >= 0.6 is 0 Å². The maximum atomic E-state index is 12.0. The molecule has 130 valence electrons. The third kappa shape index (κ3) is 3.92. The van der Waals surface area contributed by atoms with Crippen molar-refractivity contribution < 1.29 is 22.3 Å². The minimum atomic E-state index is -3.55. The lowest BCUT2D eigenvalue weighted by atomic mass is 10.2. The molecule has 0 radical (unpaired) electrons. The summed E-state index contributed by atoms with van der Waals surface area (Å²) in [5, 5.41) is 0.282. The van der Waals surface area contributed by atoms with E-state index in [1.807, 2.05) is 0 Å². The second kappa shape index (κ2) is 6.48. The zero-order valence-corrected chi connectivity index (χ0v) is 14.3. The van der Waals surface area contributed by atoms with Crippen molar-refractivity contribution in [1.82, 2.24) is 0 Å². The van der Waals surface area contributed by atoms with E-state index in [0.29, 0.717) is 11.5 Å². The van der Waals surface area contributed by atoms with E-state index in [1.54, 1.807) is 31.4 Å². The minimum Gasteiger partial charge on any atom is -0.497 e. The van der Waals surface area contributed by atoms with Crippen molar-refractivity contribution in [3.05, 3.63) is 59.0 Å². The summed E-state index contributed by atoms with van der Waals surface area (Å²) >= 11 is 0. The number of nitrogens with one attached hydrogen (secondary N) is 1. The first-order chi connectivity index (χ1) is 11.9. The fourth-order valence-electron chi connectivity index (χ4n) is 2.24. The van der Waals surface area contributed by atoms with Gasteiger partial charge in [-0.1, -0.05) is 0 Å². The van der Waals surface area contributed by atoms with Gasteiger partial charge in [0.1, 0.15) is 17.1 Å². The van der Waals surface area contributed by atoms with Crippen LogP contribution in [0.5, 0.6) is 17.2 Å². The Hall–Kier alpha value is -3.00. The fraction of sp³-hybridized carbons (Fsp3) is 0.118. The Labute approximate surface area is 143 Å². The Morgan fingerprint density at radius 3 is 2.36 bits per heavy atom. The van der Waals surface area contributed by atoms with Crippen molar-refractivity contribution in [2.45, 2.75) is 0 Å². The zero-order valence-electron chi connectivity index (χ0n) is 13.5. The van der Waals surface area contributed by atoms with Crippen LogP contribution in [0.25, 0.3) is 11.0 Å². The molecular weight excluding hydrogens is 346 g/mol. The van der Waals surface area contributed by atoms with Crippen molar-refractivity contribution in [3.8, 4) is 17.2 Å². The normalized spacial score (nSPS) is 11.3. The summed E-state index contributed by atoms with van der Waals surface area (Å²) in [7, 11) is -2.00. The molecule has 0 fully saturated rings. The van der Waals surface area contributed by atoms with Gasteiger partial charge < -0.3 is 13.9 Å². The van der Waals surface area contributed by atoms with Gasteiger partial charge in [0.25, 0.3) is 0 Å². The van der Waals surface area contributed by atoms with Gasteiger partial charge in [-0.05, 0) is 30.3 Å². The maximum absolute atomic E-state index is 12.0. The first-order valence-electron chi connectivity index (χ1n) is 7.21. The van der Waals surface area contributed by atoms with E-state index in [9.17, 15) is 13.2 Å². The van der Waals surface area contributed by atoms with Crippen molar-refractivity contribution >= 4 is 26.7 Å². The Balaban J connectivity index is 2.10. The van der Waals surface area contributed by atoms with Crippen molar-refractivity contribution in [3.63, 3.8) is 0 Å². The molecule has 0 aliphatic carbocycles. The molecule has 1 heterocycles. The first kappa shape index (κ1) is 16.8. The minimum absolute atomic E-state index is 0.167. The number of sulfonamides is 1. The molecule has 1 aromatic heterocycles. The summed E-state index contributed by atoms with van der Waals surface area (Å²) in [5.41, 5.74) is 0.160. The number of rotatable bonds is 5. The van der Waals surface area contributed by atoms with Gasteiger partial charge in [-0.25, -0.2) is 8.42 Å². The standard InChI is InChI=1S/C17H15NO6S/c1-22-11-3-5-12(6-4-11)24-17-9-13-15(19)7-8-23-16(13)10-14(17)18-25(2,20)21/h3-10,18H,1-2H3. The number of benzene rings is 2. The monoisotopic (exact) mass is 361 g/mol. The number of fused-ring (bicyclic) bond motifs is 1. The number of methoxy groups -OCH3 is 1. The van der Waals surface area contributed by atoms with E-state index in [0.717, 1.165) is 6.26 Å². The van der Waals surface area contributed by atoms with Crippen LogP contribution in [0.2, 0.25) is 0 Å². The Bertz CT molecular complexity index is 1070. The number of anilines is 1. The lowest BCUT2D eigenvalue weighted by Gasteiger charge is -2.13. The molecule has 0 atom stereocenters. The molecule has 3 aromatic rings. The van der Waals surface area contributed by atoms with Gasteiger partial charge in [-0.2, -0.15) is 0 Å². The predicted octanol–water partition coefficient (Wildman–Crippen LogP) is 2.97. The topological polar surface area (TPSA) is 94.8 Å². The highest BCUT2D eigenvalue weighted by Gasteiger charge is 2.14. The fourth-order valence-corrected chi connectivity index (χ4v) is 2.80. The molecule has 0 saturated heterocycles. The smallest absolute Gasteiger partial charge is 0.229 e. The molecular formula is C17H15NO6S. The van der Waals surface area contributed by atoms with E-state index >= 15 is 0 Å². The van der Waals surface area contributed by atoms with E-state index in [-0.39, 0.29) is 27.8 Å².